The second-order valence-corrected chi connectivity index (χ2v) is 4.93. The Kier molecular flexibility index (Phi) is 3.68. The third-order valence-electron chi connectivity index (χ3n) is 3.39. The van der Waals surface area contributed by atoms with E-state index >= 15 is 0 Å². The molecule has 6 heteroatoms. The number of hydrogen-bond donors (Lipinski definition) is 1. The first-order chi connectivity index (χ1) is 10.2. The summed E-state index contributed by atoms with van der Waals surface area (Å²) in [4.78, 5) is 14.2. The highest BCUT2D eigenvalue weighted by Gasteiger charge is 2.25. The zero-order chi connectivity index (χ0) is 14.7. The Bertz CT molecular complexity index is 633. The molecule has 0 fully saturated rings. The predicted octanol–water partition coefficient (Wildman–Crippen LogP) is 2.29. The number of amides is 2. The summed E-state index contributed by atoms with van der Waals surface area (Å²) in [5, 5.41) is 10.4. The second kappa shape index (κ2) is 5.78. The number of aromatic nitrogens is 2. The Hall–Kier alpha value is -2.63. The van der Waals surface area contributed by atoms with E-state index < -0.39 is 0 Å². The first-order valence-electron chi connectivity index (χ1n) is 6.80. The summed E-state index contributed by atoms with van der Waals surface area (Å²) in [5.74, 6) is 1.27. The van der Waals surface area contributed by atoms with Gasteiger partial charge in [-0.2, -0.15) is 5.10 Å². The van der Waals surface area contributed by atoms with Gasteiger partial charge in [0.2, 0.25) is 0 Å². The standard InChI is InChI=1S/C15H16N4O2/c1-11-10-21-13-6-3-2-5-12(13)9-19(11)15(20)17-14-7-4-8-16-18-14/h2-8,11H,9-10H2,1H3,(H,17,18,20)/t11-/m1/s1. The molecule has 0 unspecified atom stereocenters. The molecule has 3 rings (SSSR count). The molecule has 1 aromatic heterocycles. The van der Waals surface area contributed by atoms with Crippen molar-refractivity contribution < 1.29 is 9.53 Å². The minimum absolute atomic E-state index is 0.0333. The number of hydrogen-bond acceptors (Lipinski definition) is 4. The van der Waals surface area contributed by atoms with Gasteiger partial charge in [0.15, 0.2) is 5.82 Å². The van der Waals surface area contributed by atoms with Crippen LogP contribution in [0.3, 0.4) is 0 Å². The van der Waals surface area contributed by atoms with E-state index in [2.05, 4.69) is 15.5 Å². The van der Waals surface area contributed by atoms with Crippen LogP contribution in [-0.4, -0.2) is 33.8 Å². The highest BCUT2D eigenvalue weighted by atomic mass is 16.5. The van der Waals surface area contributed by atoms with Crippen LogP contribution in [0.2, 0.25) is 0 Å². The Labute approximate surface area is 122 Å². The van der Waals surface area contributed by atoms with E-state index in [9.17, 15) is 4.79 Å². The van der Waals surface area contributed by atoms with Gasteiger partial charge >= 0.3 is 6.03 Å². The molecule has 1 aliphatic rings. The molecule has 21 heavy (non-hydrogen) atoms. The normalized spacial score (nSPS) is 17.4. The van der Waals surface area contributed by atoms with Crippen LogP contribution in [0.15, 0.2) is 42.6 Å². The lowest BCUT2D eigenvalue weighted by atomic mass is 10.2. The number of urea groups is 1. The van der Waals surface area contributed by atoms with E-state index in [0.29, 0.717) is 19.0 Å². The van der Waals surface area contributed by atoms with Gasteiger partial charge in [-0.1, -0.05) is 18.2 Å². The molecule has 2 amide bonds. The number of para-hydroxylation sites is 1. The maximum Gasteiger partial charge on any atom is 0.323 e. The molecular formula is C15H16N4O2. The zero-order valence-electron chi connectivity index (χ0n) is 11.7. The molecular weight excluding hydrogens is 268 g/mol. The Balaban J connectivity index is 1.79. The number of rotatable bonds is 1. The van der Waals surface area contributed by atoms with Crippen molar-refractivity contribution in [3.8, 4) is 5.75 Å². The third kappa shape index (κ3) is 2.94. The maximum atomic E-state index is 12.4. The van der Waals surface area contributed by atoms with E-state index in [0.717, 1.165) is 11.3 Å². The van der Waals surface area contributed by atoms with E-state index in [4.69, 9.17) is 4.74 Å². The molecule has 2 aromatic rings. The Morgan fingerprint density at radius 2 is 2.19 bits per heavy atom. The van der Waals surface area contributed by atoms with Crippen LogP contribution < -0.4 is 10.1 Å². The highest BCUT2D eigenvalue weighted by molar-refractivity contribution is 5.88. The molecule has 1 N–H and O–H groups in total. The quantitative estimate of drug-likeness (QED) is 0.872. The van der Waals surface area contributed by atoms with Crippen molar-refractivity contribution >= 4 is 11.8 Å². The molecule has 0 bridgehead atoms. The second-order valence-electron chi connectivity index (χ2n) is 4.93. The van der Waals surface area contributed by atoms with Gasteiger partial charge in [-0.05, 0) is 25.1 Å². The fraction of sp³-hybridized carbons (Fsp3) is 0.267. The number of nitrogens with one attached hydrogen (secondary N) is 1. The Morgan fingerprint density at radius 3 is 3.00 bits per heavy atom. The minimum atomic E-state index is -0.205. The molecule has 0 aliphatic carbocycles. The molecule has 0 spiro atoms. The van der Waals surface area contributed by atoms with Gasteiger partial charge in [-0.3, -0.25) is 5.32 Å². The van der Waals surface area contributed by atoms with E-state index in [-0.39, 0.29) is 12.1 Å². The van der Waals surface area contributed by atoms with Crippen LogP contribution in [0.25, 0.3) is 0 Å². The van der Waals surface area contributed by atoms with Crippen LogP contribution in [0, 0.1) is 0 Å². The monoisotopic (exact) mass is 284 g/mol. The lowest BCUT2D eigenvalue weighted by Crippen LogP contribution is -2.42. The molecule has 108 valence electrons. The fourth-order valence-corrected chi connectivity index (χ4v) is 2.24. The maximum absolute atomic E-state index is 12.4. The summed E-state index contributed by atoms with van der Waals surface area (Å²) in [6.07, 6.45) is 1.56. The summed E-state index contributed by atoms with van der Waals surface area (Å²) in [5.41, 5.74) is 0.996. The van der Waals surface area contributed by atoms with E-state index in [1.165, 1.54) is 0 Å². The van der Waals surface area contributed by atoms with E-state index in [1.54, 1.807) is 23.2 Å². The summed E-state index contributed by atoms with van der Waals surface area (Å²) < 4.78 is 5.74. The Morgan fingerprint density at radius 1 is 1.33 bits per heavy atom. The molecule has 1 atom stereocenters. The number of ether oxygens (including phenoxy) is 1. The predicted molar refractivity (Wildman–Crippen MR) is 78.0 cm³/mol. The summed E-state index contributed by atoms with van der Waals surface area (Å²) in [7, 11) is 0. The minimum Gasteiger partial charge on any atom is -0.491 e. The van der Waals surface area contributed by atoms with Crippen LogP contribution in [-0.2, 0) is 6.54 Å². The number of anilines is 1. The van der Waals surface area contributed by atoms with Gasteiger partial charge < -0.3 is 9.64 Å². The fourth-order valence-electron chi connectivity index (χ4n) is 2.24. The van der Waals surface area contributed by atoms with Crippen molar-refractivity contribution in [1.82, 2.24) is 15.1 Å². The zero-order valence-corrected chi connectivity index (χ0v) is 11.7. The van der Waals surface area contributed by atoms with Gasteiger partial charge in [-0.25, -0.2) is 4.79 Å². The van der Waals surface area contributed by atoms with E-state index in [1.807, 2.05) is 31.2 Å². The lowest BCUT2D eigenvalue weighted by molar-refractivity contribution is 0.167. The SMILES string of the molecule is C[C@@H]1COc2ccccc2CN1C(=O)Nc1cccnn1. The summed E-state index contributed by atoms with van der Waals surface area (Å²) in [6.45, 7) is 2.93. The van der Waals surface area contributed by atoms with Gasteiger partial charge in [-0.15, -0.1) is 5.10 Å². The van der Waals surface area contributed by atoms with Crippen molar-refractivity contribution in [3.63, 3.8) is 0 Å². The van der Waals surface area contributed by atoms with Crippen LogP contribution >= 0.6 is 0 Å². The number of benzene rings is 1. The lowest BCUT2D eigenvalue weighted by Gasteiger charge is -2.26. The smallest absolute Gasteiger partial charge is 0.323 e. The van der Waals surface area contributed by atoms with Gasteiger partial charge in [0.05, 0.1) is 12.6 Å². The average molecular weight is 284 g/mol. The first-order valence-corrected chi connectivity index (χ1v) is 6.80. The number of carbonyl (C=O) groups excluding carboxylic acids is 1. The molecule has 2 heterocycles. The van der Waals surface area contributed by atoms with Gasteiger partial charge in [0, 0.05) is 11.8 Å². The molecule has 0 saturated carbocycles. The van der Waals surface area contributed by atoms with Gasteiger partial charge in [0.25, 0.3) is 0 Å². The summed E-state index contributed by atoms with van der Waals surface area (Å²) in [6, 6.07) is 11.0. The molecule has 0 radical (unpaired) electrons. The molecule has 1 aliphatic heterocycles. The number of fused-ring (bicyclic) bond motifs is 1. The van der Waals surface area contributed by atoms with Crippen molar-refractivity contribution in [2.45, 2.75) is 19.5 Å². The molecule has 0 saturated heterocycles. The van der Waals surface area contributed by atoms with Crippen molar-refractivity contribution in [3.05, 3.63) is 48.2 Å². The average Bonchev–Trinajstić information content (AvgIpc) is 2.68. The third-order valence-corrected chi connectivity index (χ3v) is 3.39. The number of nitrogens with zero attached hydrogens (tertiary/aromatic N) is 3. The summed E-state index contributed by atoms with van der Waals surface area (Å²) >= 11 is 0. The van der Waals surface area contributed by atoms with Crippen molar-refractivity contribution in [2.24, 2.45) is 0 Å². The van der Waals surface area contributed by atoms with Gasteiger partial charge in [0.1, 0.15) is 12.4 Å². The molecule has 1 aromatic carbocycles. The van der Waals surface area contributed by atoms with Crippen LogP contribution in [0.4, 0.5) is 10.6 Å². The van der Waals surface area contributed by atoms with Crippen LogP contribution in [0.1, 0.15) is 12.5 Å². The topological polar surface area (TPSA) is 67.3 Å². The highest BCUT2D eigenvalue weighted by Crippen LogP contribution is 2.25. The largest absolute Gasteiger partial charge is 0.491 e. The molecule has 6 nitrogen and oxygen atoms in total. The van der Waals surface area contributed by atoms with Crippen molar-refractivity contribution in [1.29, 1.82) is 0 Å². The number of carbonyl (C=O) groups is 1. The van der Waals surface area contributed by atoms with Crippen LogP contribution in [0.5, 0.6) is 5.75 Å². The first kappa shape index (κ1) is 13.4. The van der Waals surface area contributed by atoms with Crippen molar-refractivity contribution in [2.75, 3.05) is 11.9 Å².